The fraction of sp³-hybridized carbons (Fsp3) is 0.600. The first kappa shape index (κ1) is 18.5. The summed E-state index contributed by atoms with van der Waals surface area (Å²) in [5.74, 6) is 0.278. The molecule has 2 N–H and O–H groups in total. The summed E-state index contributed by atoms with van der Waals surface area (Å²) in [6.45, 7) is 3.78. The van der Waals surface area contributed by atoms with Gasteiger partial charge in [0.1, 0.15) is 16.7 Å². The quantitative estimate of drug-likeness (QED) is 0.773. The lowest BCUT2D eigenvalue weighted by Gasteiger charge is -2.24. The summed E-state index contributed by atoms with van der Waals surface area (Å²) in [5.41, 5.74) is 0. The van der Waals surface area contributed by atoms with Gasteiger partial charge >= 0.3 is 0 Å². The molecule has 1 atom stereocenters. The summed E-state index contributed by atoms with van der Waals surface area (Å²) in [7, 11) is -2.13. The van der Waals surface area contributed by atoms with Crippen LogP contribution in [0.25, 0.3) is 0 Å². The first-order valence-electron chi connectivity index (χ1n) is 7.60. The highest BCUT2D eigenvalue weighted by atomic mass is 35.5. The molecular weight excluding hydrogens is 340 g/mol. The number of methoxy groups -OCH3 is 1. The van der Waals surface area contributed by atoms with Crippen molar-refractivity contribution in [1.82, 2.24) is 10.0 Å². The zero-order valence-electron chi connectivity index (χ0n) is 13.3. The second-order valence-electron chi connectivity index (χ2n) is 5.62. The van der Waals surface area contributed by atoms with E-state index in [1.165, 1.54) is 6.07 Å². The van der Waals surface area contributed by atoms with E-state index in [0.29, 0.717) is 11.6 Å². The second kappa shape index (κ2) is 8.30. The highest BCUT2D eigenvalue weighted by molar-refractivity contribution is 7.89. The van der Waals surface area contributed by atoms with Crippen LogP contribution in [0.4, 0.5) is 0 Å². The van der Waals surface area contributed by atoms with Gasteiger partial charge in [0.2, 0.25) is 10.0 Å². The Bertz CT molecular complexity index is 618. The van der Waals surface area contributed by atoms with Crippen LogP contribution in [0.2, 0.25) is 5.02 Å². The second-order valence-corrected chi connectivity index (χ2v) is 7.74. The molecule has 1 unspecified atom stereocenters. The van der Waals surface area contributed by atoms with Crippen LogP contribution in [0, 0.1) is 0 Å². The predicted octanol–water partition coefficient (Wildman–Crippen LogP) is 1.78. The van der Waals surface area contributed by atoms with E-state index < -0.39 is 10.0 Å². The molecule has 1 fully saturated rings. The average molecular weight is 363 g/mol. The van der Waals surface area contributed by atoms with Crippen molar-refractivity contribution in [3.8, 4) is 5.75 Å². The number of rotatable bonds is 7. The van der Waals surface area contributed by atoms with Gasteiger partial charge in [0, 0.05) is 18.2 Å². The maximum absolute atomic E-state index is 12.7. The van der Waals surface area contributed by atoms with Gasteiger partial charge in [-0.25, -0.2) is 13.1 Å². The molecule has 1 aliphatic rings. The summed E-state index contributed by atoms with van der Waals surface area (Å²) in [5, 5.41) is 3.56. The average Bonchev–Trinajstić information content (AvgIpc) is 2.50. The number of benzene rings is 1. The number of sulfonamides is 1. The van der Waals surface area contributed by atoms with Crippen LogP contribution >= 0.6 is 11.6 Å². The number of halogens is 1. The number of piperidine rings is 1. The van der Waals surface area contributed by atoms with Crippen LogP contribution in [0.5, 0.6) is 5.75 Å². The van der Waals surface area contributed by atoms with Gasteiger partial charge in [0.15, 0.2) is 0 Å². The van der Waals surface area contributed by atoms with Crippen LogP contribution in [0.15, 0.2) is 23.1 Å². The van der Waals surface area contributed by atoms with Crippen LogP contribution in [0.1, 0.15) is 19.8 Å². The molecule has 23 heavy (non-hydrogen) atoms. The van der Waals surface area contributed by atoms with E-state index in [1.54, 1.807) is 19.2 Å². The number of hydrogen-bond acceptors (Lipinski definition) is 5. The highest BCUT2D eigenvalue weighted by Crippen LogP contribution is 2.28. The van der Waals surface area contributed by atoms with E-state index in [-0.39, 0.29) is 22.8 Å². The third kappa shape index (κ3) is 5.32. The van der Waals surface area contributed by atoms with Crippen molar-refractivity contribution < 1.29 is 17.9 Å². The molecule has 0 aliphatic carbocycles. The lowest BCUT2D eigenvalue weighted by Crippen LogP contribution is -2.42. The van der Waals surface area contributed by atoms with Crippen LogP contribution < -0.4 is 14.8 Å². The van der Waals surface area contributed by atoms with E-state index >= 15 is 0 Å². The van der Waals surface area contributed by atoms with Crippen molar-refractivity contribution in [3.05, 3.63) is 23.2 Å². The monoisotopic (exact) mass is 362 g/mol. The fourth-order valence-corrected chi connectivity index (χ4v) is 4.20. The van der Waals surface area contributed by atoms with Crippen molar-refractivity contribution in [2.24, 2.45) is 0 Å². The lowest BCUT2D eigenvalue weighted by molar-refractivity contribution is 0.0901. The standard InChI is InChI=1S/C15H23ClN2O4S/c1-11(10-21-2)22-14-4-3-12(16)9-15(14)23(19,20)18-13-5-7-17-8-6-13/h3-4,9,11,13,17-18H,5-8,10H2,1-2H3. The van der Waals surface area contributed by atoms with E-state index in [1.807, 2.05) is 6.92 Å². The molecule has 0 spiro atoms. The zero-order valence-corrected chi connectivity index (χ0v) is 14.9. The van der Waals surface area contributed by atoms with Gasteiger partial charge in [-0.2, -0.15) is 0 Å². The molecule has 0 aromatic heterocycles. The van der Waals surface area contributed by atoms with Gasteiger partial charge in [-0.3, -0.25) is 0 Å². The fourth-order valence-electron chi connectivity index (χ4n) is 2.50. The molecule has 1 heterocycles. The minimum atomic E-state index is -3.70. The Morgan fingerprint density at radius 1 is 1.39 bits per heavy atom. The molecule has 0 bridgehead atoms. The van der Waals surface area contributed by atoms with Crippen LogP contribution in [-0.2, 0) is 14.8 Å². The Kier molecular flexibility index (Phi) is 6.67. The summed E-state index contributed by atoms with van der Waals surface area (Å²) >= 11 is 5.98. The first-order chi connectivity index (χ1) is 10.9. The van der Waals surface area contributed by atoms with E-state index in [2.05, 4.69) is 10.0 Å². The molecule has 1 aliphatic heterocycles. The minimum absolute atomic E-state index is 0.0616. The van der Waals surface area contributed by atoms with Gasteiger partial charge in [0.25, 0.3) is 0 Å². The summed E-state index contributed by atoms with van der Waals surface area (Å²) in [6, 6.07) is 4.52. The molecule has 130 valence electrons. The topological polar surface area (TPSA) is 76.7 Å². The lowest BCUT2D eigenvalue weighted by atomic mass is 10.1. The Hall–Kier alpha value is -0.860. The maximum atomic E-state index is 12.7. The Morgan fingerprint density at radius 2 is 2.09 bits per heavy atom. The van der Waals surface area contributed by atoms with Crippen molar-refractivity contribution in [1.29, 1.82) is 0 Å². The molecule has 8 heteroatoms. The summed E-state index contributed by atoms with van der Waals surface area (Å²) in [4.78, 5) is 0.0616. The normalized spacial score (nSPS) is 17.9. The number of hydrogen-bond donors (Lipinski definition) is 2. The van der Waals surface area contributed by atoms with Gasteiger partial charge in [-0.1, -0.05) is 11.6 Å². The molecule has 2 rings (SSSR count). The SMILES string of the molecule is COCC(C)Oc1ccc(Cl)cc1S(=O)(=O)NC1CCNCC1. The van der Waals surface area contributed by atoms with Gasteiger partial charge in [0.05, 0.1) is 6.61 Å². The predicted molar refractivity (Wildman–Crippen MR) is 89.6 cm³/mol. The largest absolute Gasteiger partial charge is 0.487 e. The van der Waals surface area contributed by atoms with Gasteiger partial charge < -0.3 is 14.8 Å². The number of nitrogens with one attached hydrogen (secondary N) is 2. The minimum Gasteiger partial charge on any atom is -0.487 e. The molecule has 1 aromatic rings. The van der Waals surface area contributed by atoms with Crippen molar-refractivity contribution in [2.45, 2.75) is 36.8 Å². The number of ether oxygens (including phenoxy) is 2. The molecule has 6 nitrogen and oxygen atoms in total. The maximum Gasteiger partial charge on any atom is 0.244 e. The Balaban J connectivity index is 2.22. The van der Waals surface area contributed by atoms with Gasteiger partial charge in [-0.05, 0) is 51.1 Å². The molecule has 1 saturated heterocycles. The Labute approximate surface area is 142 Å². The summed E-state index contributed by atoms with van der Waals surface area (Å²) < 4.78 is 38.9. The van der Waals surface area contributed by atoms with E-state index in [4.69, 9.17) is 21.1 Å². The smallest absolute Gasteiger partial charge is 0.244 e. The Morgan fingerprint density at radius 3 is 2.74 bits per heavy atom. The van der Waals surface area contributed by atoms with Crippen LogP contribution in [-0.4, -0.2) is 47.4 Å². The zero-order chi connectivity index (χ0) is 16.9. The molecule has 0 amide bonds. The first-order valence-corrected chi connectivity index (χ1v) is 9.46. The van der Waals surface area contributed by atoms with Crippen molar-refractivity contribution >= 4 is 21.6 Å². The molecule has 1 aromatic carbocycles. The third-order valence-electron chi connectivity index (χ3n) is 3.59. The van der Waals surface area contributed by atoms with Crippen LogP contribution in [0.3, 0.4) is 0 Å². The highest BCUT2D eigenvalue weighted by Gasteiger charge is 2.25. The molecule has 0 saturated carbocycles. The summed E-state index contributed by atoms with van der Waals surface area (Å²) in [6.07, 6.45) is 1.25. The van der Waals surface area contributed by atoms with Gasteiger partial charge in [-0.15, -0.1) is 0 Å². The van der Waals surface area contributed by atoms with E-state index in [9.17, 15) is 8.42 Å². The van der Waals surface area contributed by atoms with Crippen molar-refractivity contribution in [3.63, 3.8) is 0 Å². The molecular formula is C15H23ClN2O4S. The van der Waals surface area contributed by atoms with E-state index in [0.717, 1.165) is 25.9 Å². The molecule has 0 radical (unpaired) electrons. The third-order valence-corrected chi connectivity index (χ3v) is 5.36. The van der Waals surface area contributed by atoms with Crippen molar-refractivity contribution in [2.75, 3.05) is 26.8 Å².